The van der Waals surface area contributed by atoms with Crippen LogP contribution in [0, 0.1) is 0 Å². The first-order chi connectivity index (χ1) is 8.88. The molecule has 2 amide bonds. The number of amides is 2. The van der Waals surface area contributed by atoms with E-state index in [9.17, 15) is 9.59 Å². The maximum absolute atomic E-state index is 11.7. The lowest BCUT2D eigenvalue weighted by Gasteiger charge is -2.17. The van der Waals surface area contributed by atoms with Crippen LogP contribution in [0.2, 0.25) is 0 Å². The summed E-state index contributed by atoms with van der Waals surface area (Å²) < 4.78 is 0.943. The minimum atomic E-state index is -0.937. The lowest BCUT2D eigenvalue weighted by Crippen LogP contribution is -2.42. The van der Waals surface area contributed by atoms with Gasteiger partial charge in [-0.3, -0.25) is 4.79 Å². The van der Waals surface area contributed by atoms with E-state index in [1.54, 1.807) is 6.92 Å². The van der Waals surface area contributed by atoms with Crippen LogP contribution in [-0.4, -0.2) is 23.1 Å². The van der Waals surface area contributed by atoms with Gasteiger partial charge in [0.1, 0.15) is 0 Å². The average Bonchev–Trinajstić information content (AvgIpc) is 2.27. The molecule has 6 heteroatoms. The van der Waals surface area contributed by atoms with E-state index >= 15 is 0 Å². The van der Waals surface area contributed by atoms with Crippen LogP contribution in [0.4, 0.5) is 4.79 Å². The number of rotatable bonds is 5. The van der Waals surface area contributed by atoms with Crippen molar-refractivity contribution in [3.8, 4) is 0 Å². The molecule has 1 aromatic carbocycles. The molecule has 0 radical (unpaired) electrons. The molecule has 5 nitrogen and oxygen atoms in total. The van der Waals surface area contributed by atoms with Crippen molar-refractivity contribution >= 4 is 27.9 Å². The zero-order valence-electron chi connectivity index (χ0n) is 10.8. The van der Waals surface area contributed by atoms with Gasteiger partial charge in [-0.15, -0.1) is 0 Å². The van der Waals surface area contributed by atoms with Crippen molar-refractivity contribution in [2.45, 2.75) is 32.4 Å². The number of carboxylic acid groups (broad SMARTS) is 1. The highest BCUT2D eigenvalue weighted by atomic mass is 79.9. The molecule has 0 saturated carbocycles. The van der Waals surface area contributed by atoms with Gasteiger partial charge in [0.15, 0.2) is 0 Å². The van der Waals surface area contributed by atoms with Gasteiger partial charge in [-0.2, -0.15) is 0 Å². The van der Waals surface area contributed by atoms with E-state index in [1.165, 1.54) is 0 Å². The van der Waals surface area contributed by atoms with Gasteiger partial charge in [-0.25, -0.2) is 4.79 Å². The summed E-state index contributed by atoms with van der Waals surface area (Å²) >= 11 is 3.37. The maximum Gasteiger partial charge on any atom is 0.315 e. The van der Waals surface area contributed by atoms with Crippen LogP contribution in [0.5, 0.6) is 0 Å². The van der Waals surface area contributed by atoms with Gasteiger partial charge in [0.2, 0.25) is 0 Å². The van der Waals surface area contributed by atoms with Gasteiger partial charge in [-0.05, 0) is 31.5 Å². The van der Waals surface area contributed by atoms with Crippen molar-refractivity contribution in [3.63, 3.8) is 0 Å². The standard InChI is InChI=1S/C13H17BrN2O3/c1-8(6-12(17)18)15-13(19)16-9(2)10-4-3-5-11(14)7-10/h3-5,7-9H,6H2,1-2H3,(H,17,18)(H2,15,16,19). The predicted octanol–water partition coefficient (Wildman–Crippen LogP) is 2.67. The number of carbonyl (C=O) groups excluding carboxylic acids is 1. The Morgan fingerprint density at radius 3 is 2.58 bits per heavy atom. The summed E-state index contributed by atoms with van der Waals surface area (Å²) in [6.45, 7) is 3.51. The number of urea groups is 1. The number of hydrogen-bond donors (Lipinski definition) is 3. The first-order valence-electron chi connectivity index (χ1n) is 5.92. The number of benzene rings is 1. The van der Waals surface area contributed by atoms with Gasteiger partial charge in [0.25, 0.3) is 0 Å². The highest BCUT2D eigenvalue weighted by molar-refractivity contribution is 9.10. The van der Waals surface area contributed by atoms with Gasteiger partial charge >= 0.3 is 12.0 Å². The van der Waals surface area contributed by atoms with E-state index in [1.807, 2.05) is 31.2 Å². The Labute approximate surface area is 120 Å². The number of aliphatic carboxylic acids is 1. The molecule has 0 aliphatic rings. The lowest BCUT2D eigenvalue weighted by atomic mass is 10.1. The largest absolute Gasteiger partial charge is 0.481 e. The number of carboxylic acids is 1. The van der Waals surface area contributed by atoms with E-state index in [0.29, 0.717) is 0 Å². The molecule has 2 atom stereocenters. The average molecular weight is 329 g/mol. The molecule has 0 heterocycles. The van der Waals surface area contributed by atoms with Gasteiger partial charge in [-0.1, -0.05) is 28.1 Å². The lowest BCUT2D eigenvalue weighted by molar-refractivity contribution is -0.137. The smallest absolute Gasteiger partial charge is 0.315 e. The third-order valence-electron chi connectivity index (χ3n) is 2.55. The summed E-state index contributed by atoms with van der Waals surface area (Å²) in [6.07, 6.45) is -0.0985. The van der Waals surface area contributed by atoms with Crippen LogP contribution in [0.15, 0.2) is 28.7 Å². The summed E-state index contributed by atoms with van der Waals surface area (Å²) in [5.74, 6) is -0.937. The molecule has 2 unspecified atom stereocenters. The molecule has 1 rings (SSSR count). The summed E-state index contributed by atoms with van der Waals surface area (Å²) in [5.41, 5.74) is 0.968. The zero-order valence-corrected chi connectivity index (χ0v) is 12.4. The summed E-state index contributed by atoms with van der Waals surface area (Å²) in [6, 6.07) is 6.69. The molecule has 0 aliphatic carbocycles. The van der Waals surface area contributed by atoms with Crippen LogP contribution in [0.3, 0.4) is 0 Å². The second-order valence-electron chi connectivity index (χ2n) is 4.39. The van der Waals surface area contributed by atoms with E-state index in [4.69, 9.17) is 5.11 Å². The van der Waals surface area contributed by atoms with E-state index in [0.717, 1.165) is 10.0 Å². The Kier molecular flexibility index (Phi) is 5.82. The van der Waals surface area contributed by atoms with Crippen molar-refractivity contribution in [1.29, 1.82) is 0 Å². The van der Waals surface area contributed by atoms with Crippen LogP contribution in [0.1, 0.15) is 31.9 Å². The highest BCUT2D eigenvalue weighted by Gasteiger charge is 2.13. The van der Waals surface area contributed by atoms with E-state index in [2.05, 4.69) is 26.6 Å². The number of carbonyl (C=O) groups is 2. The fourth-order valence-electron chi connectivity index (χ4n) is 1.63. The molecule has 0 spiro atoms. The molecular formula is C13H17BrN2O3. The molecule has 0 fully saturated rings. The minimum Gasteiger partial charge on any atom is -0.481 e. The fourth-order valence-corrected chi connectivity index (χ4v) is 2.05. The fraction of sp³-hybridized carbons (Fsp3) is 0.385. The molecule has 19 heavy (non-hydrogen) atoms. The van der Waals surface area contributed by atoms with Crippen molar-refractivity contribution in [2.75, 3.05) is 0 Å². The van der Waals surface area contributed by atoms with Crippen molar-refractivity contribution in [2.24, 2.45) is 0 Å². The molecule has 0 bridgehead atoms. The Morgan fingerprint density at radius 2 is 2.00 bits per heavy atom. The van der Waals surface area contributed by atoms with Crippen LogP contribution < -0.4 is 10.6 Å². The second kappa shape index (κ2) is 7.13. The van der Waals surface area contributed by atoms with Crippen LogP contribution >= 0.6 is 15.9 Å². The number of hydrogen-bond acceptors (Lipinski definition) is 2. The van der Waals surface area contributed by atoms with Crippen LogP contribution in [0.25, 0.3) is 0 Å². The molecule has 104 valence electrons. The van der Waals surface area contributed by atoms with Gasteiger partial charge in [0.05, 0.1) is 12.5 Å². The molecule has 3 N–H and O–H groups in total. The topological polar surface area (TPSA) is 78.4 Å². The Morgan fingerprint density at radius 1 is 1.32 bits per heavy atom. The van der Waals surface area contributed by atoms with Crippen LogP contribution in [-0.2, 0) is 4.79 Å². The minimum absolute atomic E-state index is 0.0985. The quantitative estimate of drug-likeness (QED) is 0.777. The van der Waals surface area contributed by atoms with Gasteiger partial charge < -0.3 is 15.7 Å². The van der Waals surface area contributed by atoms with Crippen molar-refractivity contribution in [1.82, 2.24) is 10.6 Å². The number of halogens is 1. The monoisotopic (exact) mass is 328 g/mol. The maximum atomic E-state index is 11.7. The third kappa shape index (κ3) is 5.74. The Bertz CT molecular complexity index is 465. The van der Waals surface area contributed by atoms with E-state index in [-0.39, 0.29) is 18.5 Å². The molecule has 1 aromatic rings. The summed E-state index contributed by atoms with van der Waals surface area (Å²) in [4.78, 5) is 22.2. The second-order valence-corrected chi connectivity index (χ2v) is 5.31. The molecule has 0 aromatic heterocycles. The third-order valence-corrected chi connectivity index (χ3v) is 3.05. The predicted molar refractivity (Wildman–Crippen MR) is 75.9 cm³/mol. The number of nitrogens with one attached hydrogen (secondary N) is 2. The summed E-state index contributed by atoms with van der Waals surface area (Å²) in [7, 11) is 0. The van der Waals surface area contributed by atoms with Crippen molar-refractivity contribution in [3.05, 3.63) is 34.3 Å². The SMILES string of the molecule is CC(CC(=O)O)NC(=O)NC(C)c1cccc(Br)c1. The Balaban J connectivity index is 2.50. The molecular weight excluding hydrogens is 312 g/mol. The van der Waals surface area contributed by atoms with Crippen molar-refractivity contribution < 1.29 is 14.7 Å². The zero-order chi connectivity index (χ0) is 14.4. The van der Waals surface area contributed by atoms with Gasteiger partial charge in [0, 0.05) is 10.5 Å². The summed E-state index contributed by atoms with van der Waals surface area (Å²) in [5, 5.41) is 14.0. The normalized spacial score (nSPS) is 13.4. The first-order valence-corrected chi connectivity index (χ1v) is 6.72. The highest BCUT2D eigenvalue weighted by Crippen LogP contribution is 2.17. The molecule has 0 aliphatic heterocycles. The first kappa shape index (κ1) is 15.5. The Hall–Kier alpha value is -1.56. The van der Waals surface area contributed by atoms with E-state index < -0.39 is 12.0 Å². The molecule has 0 saturated heterocycles.